The van der Waals surface area contributed by atoms with Crippen molar-refractivity contribution in [1.82, 2.24) is 0 Å². The number of carbonyl (C=O) groups excluding carboxylic acids is 1. The average molecular weight is 238 g/mol. The fourth-order valence-electron chi connectivity index (χ4n) is 1.92. The van der Waals surface area contributed by atoms with Crippen LogP contribution in [0.3, 0.4) is 0 Å². The molecule has 0 spiro atoms. The lowest BCUT2D eigenvalue weighted by atomic mass is 9.96. The monoisotopic (exact) mass is 238 g/mol. The predicted molar refractivity (Wildman–Crippen MR) is 67.8 cm³/mol. The molecule has 0 amide bonds. The van der Waals surface area contributed by atoms with Crippen molar-refractivity contribution in [2.24, 2.45) is 0 Å². The molecule has 1 rings (SSSR count). The zero-order valence-corrected chi connectivity index (χ0v) is 11.1. The van der Waals surface area contributed by atoms with E-state index in [2.05, 4.69) is 0 Å². The Morgan fingerprint density at radius 3 is 2.65 bits per heavy atom. The third kappa shape index (κ3) is 4.10. The van der Waals surface area contributed by atoms with E-state index < -0.39 is 5.60 Å². The Morgan fingerprint density at radius 2 is 2.18 bits per heavy atom. The second-order valence-corrected chi connectivity index (χ2v) is 5.50. The van der Waals surface area contributed by atoms with E-state index in [1.54, 1.807) is 26.8 Å². The molecule has 1 fully saturated rings. The van der Waals surface area contributed by atoms with Crippen LogP contribution in [0.25, 0.3) is 0 Å². The molecule has 1 saturated heterocycles. The number of aliphatic hydroxyl groups is 1. The topological polar surface area (TPSA) is 46.5 Å². The van der Waals surface area contributed by atoms with E-state index in [1.807, 2.05) is 19.1 Å². The lowest BCUT2D eigenvalue weighted by Gasteiger charge is -2.28. The molecule has 0 aromatic heterocycles. The fraction of sp³-hybridized carbons (Fsp3) is 0.643. The summed E-state index contributed by atoms with van der Waals surface area (Å²) in [5, 5.41) is 9.89. The Labute approximate surface area is 103 Å². The van der Waals surface area contributed by atoms with Crippen molar-refractivity contribution >= 4 is 6.29 Å². The highest BCUT2D eigenvalue weighted by Gasteiger charge is 2.40. The molecule has 1 aliphatic heterocycles. The van der Waals surface area contributed by atoms with Gasteiger partial charge in [-0.3, -0.25) is 4.79 Å². The Bertz CT molecular complexity index is 336. The molecule has 0 aromatic carbocycles. The van der Waals surface area contributed by atoms with Crippen LogP contribution in [0.2, 0.25) is 0 Å². The minimum Gasteiger partial charge on any atom is -0.388 e. The quantitative estimate of drug-likeness (QED) is 0.465. The van der Waals surface area contributed by atoms with Gasteiger partial charge in [-0.2, -0.15) is 0 Å². The van der Waals surface area contributed by atoms with Crippen molar-refractivity contribution in [3.8, 4) is 0 Å². The van der Waals surface area contributed by atoms with Gasteiger partial charge in [-0.15, -0.1) is 0 Å². The van der Waals surface area contributed by atoms with E-state index >= 15 is 0 Å². The average Bonchev–Trinajstić information content (AvgIpc) is 2.60. The highest BCUT2D eigenvalue weighted by molar-refractivity contribution is 5.72. The van der Waals surface area contributed by atoms with Gasteiger partial charge in [0.1, 0.15) is 6.29 Å². The van der Waals surface area contributed by atoms with E-state index in [0.717, 1.165) is 19.1 Å². The molecule has 0 aromatic rings. The molecule has 1 N–H and O–H groups in total. The van der Waals surface area contributed by atoms with E-state index in [9.17, 15) is 9.90 Å². The molecule has 3 nitrogen and oxygen atoms in total. The first-order valence-electron chi connectivity index (χ1n) is 5.98. The van der Waals surface area contributed by atoms with Crippen LogP contribution in [0.5, 0.6) is 0 Å². The zero-order chi connectivity index (χ0) is 13.1. The first kappa shape index (κ1) is 14.1. The second-order valence-electron chi connectivity index (χ2n) is 5.50. The number of hydrogen-bond acceptors (Lipinski definition) is 3. The normalized spacial score (nSPS) is 31.1. The van der Waals surface area contributed by atoms with Gasteiger partial charge in [-0.25, -0.2) is 0 Å². The summed E-state index contributed by atoms with van der Waals surface area (Å²) in [6.07, 6.45) is 7.98. The number of aldehydes is 1. The molecule has 2 atom stereocenters. The molecule has 1 aliphatic rings. The lowest BCUT2D eigenvalue weighted by Crippen LogP contribution is -2.37. The first-order chi connectivity index (χ1) is 7.77. The highest BCUT2D eigenvalue weighted by Crippen LogP contribution is 2.35. The van der Waals surface area contributed by atoms with Crippen molar-refractivity contribution < 1.29 is 14.6 Å². The summed E-state index contributed by atoms with van der Waals surface area (Å²) in [7, 11) is 0. The van der Waals surface area contributed by atoms with Crippen molar-refractivity contribution in [2.75, 3.05) is 0 Å². The van der Waals surface area contributed by atoms with Gasteiger partial charge in [0.25, 0.3) is 0 Å². The van der Waals surface area contributed by atoms with Crippen LogP contribution >= 0.6 is 0 Å². The molecular formula is C14H22O3. The maximum Gasteiger partial charge on any atom is 0.145 e. The Hall–Kier alpha value is -0.930. The summed E-state index contributed by atoms with van der Waals surface area (Å²) >= 11 is 0. The van der Waals surface area contributed by atoms with Gasteiger partial charge in [-0.1, -0.05) is 18.2 Å². The summed E-state index contributed by atoms with van der Waals surface area (Å²) in [5.41, 5.74) is -0.466. The van der Waals surface area contributed by atoms with Crippen LogP contribution in [0, 0.1) is 0 Å². The van der Waals surface area contributed by atoms with E-state index in [4.69, 9.17) is 4.74 Å². The third-order valence-electron chi connectivity index (χ3n) is 3.10. The van der Waals surface area contributed by atoms with Crippen molar-refractivity contribution in [2.45, 2.75) is 57.8 Å². The van der Waals surface area contributed by atoms with E-state index in [0.29, 0.717) is 5.57 Å². The van der Waals surface area contributed by atoms with Crippen LogP contribution < -0.4 is 0 Å². The van der Waals surface area contributed by atoms with Crippen molar-refractivity contribution in [1.29, 1.82) is 0 Å². The van der Waals surface area contributed by atoms with Gasteiger partial charge < -0.3 is 9.84 Å². The van der Waals surface area contributed by atoms with Crippen molar-refractivity contribution in [3.63, 3.8) is 0 Å². The summed E-state index contributed by atoms with van der Waals surface area (Å²) in [6, 6.07) is 0. The largest absolute Gasteiger partial charge is 0.388 e. The molecule has 17 heavy (non-hydrogen) atoms. The predicted octanol–water partition coefficient (Wildman–Crippen LogP) is 2.40. The van der Waals surface area contributed by atoms with Crippen molar-refractivity contribution in [3.05, 3.63) is 23.8 Å². The van der Waals surface area contributed by atoms with Crippen LogP contribution in [0.4, 0.5) is 0 Å². The minimum atomic E-state index is -0.805. The SMILES string of the molecule is CC(C=O)=CC=CC1(C)CCC(C(C)(C)O)O1. The number of carbonyl (C=O) groups is 1. The third-order valence-corrected chi connectivity index (χ3v) is 3.10. The molecule has 0 bridgehead atoms. The Kier molecular flexibility index (Phi) is 4.28. The molecule has 2 unspecified atom stereocenters. The minimum absolute atomic E-state index is 0.131. The molecule has 1 heterocycles. The second kappa shape index (κ2) is 5.15. The molecule has 0 radical (unpaired) electrons. The van der Waals surface area contributed by atoms with E-state index in [1.165, 1.54) is 0 Å². The van der Waals surface area contributed by atoms with Crippen LogP contribution in [0.15, 0.2) is 23.8 Å². The van der Waals surface area contributed by atoms with Crippen LogP contribution in [-0.2, 0) is 9.53 Å². The van der Waals surface area contributed by atoms with Gasteiger partial charge in [0, 0.05) is 0 Å². The lowest BCUT2D eigenvalue weighted by molar-refractivity contribution is -0.104. The fourth-order valence-corrected chi connectivity index (χ4v) is 1.92. The summed E-state index contributed by atoms with van der Waals surface area (Å²) in [6.45, 7) is 7.29. The summed E-state index contributed by atoms with van der Waals surface area (Å²) in [4.78, 5) is 10.4. The summed E-state index contributed by atoms with van der Waals surface area (Å²) < 4.78 is 5.87. The van der Waals surface area contributed by atoms with E-state index in [-0.39, 0.29) is 11.7 Å². The molecular weight excluding hydrogens is 216 g/mol. The maximum absolute atomic E-state index is 10.4. The van der Waals surface area contributed by atoms with Gasteiger partial charge in [0.2, 0.25) is 0 Å². The number of hydrogen-bond donors (Lipinski definition) is 1. The molecule has 0 saturated carbocycles. The van der Waals surface area contributed by atoms with Crippen LogP contribution in [0.1, 0.15) is 40.5 Å². The van der Waals surface area contributed by atoms with Crippen LogP contribution in [-0.4, -0.2) is 28.7 Å². The molecule has 0 aliphatic carbocycles. The summed E-state index contributed by atoms with van der Waals surface area (Å²) in [5.74, 6) is 0. The van der Waals surface area contributed by atoms with Gasteiger partial charge in [0.15, 0.2) is 0 Å². The first-order valence-corrected chi connectivity index (χ1v) is 5.98. The Morgan fingerprint density at radius 1 is 1.53 bits per heavy atom. The molecule has 96 valence electrons. The van der Waals surface area contributed by atoms with Gasteiger partial charge in [0.05, 0.1) is 17.3 Å². The zero-order valence-electron chi connectivity index (χ0n) is 11.1. The Balaban J connectivity index is 2.64. The van der Waals surface area contributed by atoms with Gasteiger partial charge >= 0.3 is 0 Å². The van der Waals surface area contributed by atoms with Gasteiger partial charge in [-0.05, 0) is 46.1 Å². The smallest absolute Gasteiger partial charge is 0.145 e. The maximum atomic E-state index is 10.4. The highest BCUT2D eigenvalue weighted by atomic mass is 16.5. The standard InChI is InChI=1S/C14H22O3/c1-11(10-15)6-5-8-14(4)9-7-12(17-14)13(2,3)16/h5-6,8,10,12,16H,7,9H2,1-4H3. The number of rotatable bonds is 4. The number of allylic oxidation sites excluding steroid dienone is 3. The number of ether oxygens (including phenoxy) is 1. The molecule has 3 heteroatoms.